The maximum Gasteiger partial charge on any atom is 0.197 e. The second-order valence-corrected chi connectivity index (χ2v) is 9.63. The zero-order valence-corrected chi connectivity index (χ0v) is 19.1. The SMILES string of the molecule is Cc1nc(N)c2nc(N(c3ccc(C(C)(C)C)cc3)c3c(C)cccc3C)sc2n1. The number of fused-ring (bicyclic) bond motifs is 1. The second kappa shape index (κ2) is 7.36. The number of nitrogen functional groups attached to an aromatic ring is 1. The summed E-state index contributed by atoms with van der Waals surface area (Å²) in [5.41, 5.74) is 12.8. The van der Waals surface area contributed by atoms with Crippen molar-refractivity contribution in [1.82, 2.24) is 15.0 Å². The van der Waals surface area contributed by atoms with E-state index in [0.29, 0.717) is 17.2 Å². The van der Waals surface area contributed by atoms with E-state index in [4.69, 9.17) is 10.7 Å². The molecule has 0 saturated carbocycles. The van der Waals surface area contributed by atoms with E-state index in [-0.39, 0.29) is 5.41 Å². The number of hydrogen-bond acceptors (Lipinski definition) is 6. The normalized spacial score (nSPS) is 11.8. The minimum absolute atomic E-state index is 0.0966. The Morgan fingerprint density at radius 1 is 0.867 bits per heavy atom. The molecule has 154 valence electrons. The Balaban J connectivity index is 1.94. The minimum atomic E-state index is 0.0966. The summed E-state index contributed by atoms with van der Waals surface area (Å²) >= 11 is 1.53. The highest BCUT2D eigenvalue weighted by molar-refractivity contribution is 7.22. The number of benzene rings is 2. The summed E-state index contributed by atoms with van der Waals surface area (Å²) in [4.78, 5) is 16.7. The van der Waals surface area contributed by atoms with Crippen LogP contribution in [0.3, 0.4) is 0 Å². The number of thiazole rings is 1. The van der Waals surface area contributed by atoms with Crippen molar-refractivity contribution in [3.8, 4) is 0 Å². The lowest BCUT2D eigenvalue weighted by molar-refractivity contribution is 0.590. The molecule has 0 spiro atoms. The van der Waals surface area contributed by atoms with Gasteiger partial charge in [-0.05, 0) is 55.0 Å². The predicted molar refractivity (Wildman–Crippen MR) is 127 cm³/mol. The highest BCUT2D eigenvalue weighted by Gasteiger charge is 2.22. The van der Waals surface area contributed by atoms with Gasteiger partial charge in [-0.25, -0.2) is 15.0 Å². The van der Waals surface area contributed by atoms with E-state index in [1.807, 2.05) is 6.92 Å². The van der Waals surface area contributed by atoms with Crippen LogP contribution in [0.25, 0.3) is 10.3 Å². The predicted octanol–water partition coefficient (Wildman–Crippen LogP) is 6.36. The number of rotatable bonds is 3. The minimum Gasteiger partial charge on any atom is -0.382 e. The molecule has 2 heterocycles. The van der Waals surface area contributed by atoms with E-state index in [9.17, 15) is 0 Å². The van der Waals surface area contributed by atoms with Gasteiger partial charge in [-0.3, -0.25) is 4.90 Å². The molecule has 0 aliphatic carbocycles. The number of hydrogen-bond donors (Lipinski definition) is 1. The van der Waals surface area contributed by atoms with Crippen LogP contribution in [0.2, 0.25) is 0 Å². The van der Waals surface area contributed by atoms with Gasteiger partial charge in [-0.15, -0.1) is 0 Å². The van der Waals surface area contributed by atoms with Crippen LogP contribution < -0.4 is 10.6 Å². The maximum absolute atomic E-state index is 6.15. The fourth-order valence-corrected chi connectivity index (χ4v) is 4.67. The summed E-state index contributed by atoms with van der Waals surface area (Å²) in [6.07, 6.45) is 0. The van der Waals surface area contributed by atoms with Crippen LogP contribution in [0.5, 0.6) is 0 Å². The number of aromatic nitrogens is 3. The summed E-state index contributed by atoms with van der Waals surface area (Å²) in [7, 11) is 0. The molecule has 2 aromatic heterocycles. The molecule has 0 fully saturated rings. The molecule has 30 heavy (non-hydrogen) atoms. The molecular formula is C24H27N5S. The first-order valence-electron chi connectivity index (χ1n) is 10.0. The summed E-state index contributed by atoms with van der Waals surface area (Å²) in [6.45, 7) is 12.8. The van der Waals surface area contributed by atoms with Crippen molar-refractivity contribution in [1.29, 1.82) is 0 Å². The molecule has 5 nitrogen and oxygen atoms in total. The van der Waals surface area contributed by atoms with Gasteiger partial charge in [0.15, 0.2) is 15.8 Å². The number of para-hydroxylation sites is 1. The number of anilines is 4. The number of nitrogens with two attached hydrogens (primary N) is 1. The van der Waals surface area contributed by atoms with Crippen LogP contribution in [0.15, 0.2) is 42.5 Å². The van der Waals surface area contributed by atoms with Gasteiger partial charge in [0.05, 0.1) is 5.69 Å². The standard InChI is InChI=1S/C24H27N5S/c1-14-8-7-9-15(2)20(14)29(18-12-10-17(11-13-18)24(4,5)6)23-28-19-21(25)26-16(3)27-22(19)30-23/h7-13H,1-6H3,(H2,25,26,27). The summed E-state index contributed by atoms with van der Waals surface area (Å²) in [5, 5.41) is 0.831. The van der Waals surface area contributed by atoms with Gasteiger partial charge in [0.25, 0.3) is 0 Å². The van der Waals surface area contributed by atoms with Crippen LogP contribution in [-0.4, -0.2) is 15.0 Å². The van der Waals surface area contributed by atoms with Crippen LogP contribution in [0, 0.1) is 20.8 Å². The van der Waals surface area contributed by atoms with Crippen molar-refractivity contribution in [3.63, 3.8) is 0 Å². The van der Waals surface area contributed by atoms with Gasteiger partial charge in [-0.2, -0.15) is 0 Å². The lowest BCUT2D eigenvalue weighted by Gasteiger charge is -2.27. The molecule has 0 radical (unpaired) electrons. The van der Waals surface area contributed by atoms with Gasteiger partial charge in [0.1, 0.15) is 11.3 Å². The van der Waals surface area contributed by atoms with E-state index < -0.39 is 0 Å². The monoisotopic (exact) mass is 417 g/mol. The summed E-state index contributed by atoms with van der Waals surface area (Å²) in [5.74, 6) is 1.08. The molecule has 0 atom stereocenters. The highest BCUT2D eigenvalue weighted by atomic mass is 32.1. The highest BCUT2D eigenvalue weighted by Crippen LogP contribution is 2.42. The van der Waals surface area contributed by atoms with Crippen molar-refractivity contribution in [2.24, 2.45) is 0 Å². The lowest BCUT2D eigenvalue weighted by Crippen LogP contribution is -2.14. The van der Waals surface area contributed by atoms with Crippen LogP contribution >= 0.6 is 11.3 Å². The zero-order valence-electron chi connectivity index (χ0n) is 18.3. The first-order valence-corrected chi connectivity index (χ1v) is 10.8. The Bertz CT molecular complexity index is 1200. The van der Waals surface area contributed by atoms with E-state index in [2.05, 4.69) is 92.0 Å². The first-order chi connectivity index (χ1) is 14.1. The van der Waals surface area contributed by atoms with E-state index in [0.717, 1.165) is 21.3 Å². The van der Waals surface area contributed by atoms with Crippen molar-refractivity contribution in [2.45, 2.75) is 47.0 Å². The second-order valence-electron chi connectivity index (χ2n) is 8.68. The fraction of sp³-hybridized carbons (Fsp3) is 0.292. The van der Waals surface area contributed by atoms with Crippen molar-refractivity contribution < 1.29 is 0 Å². The molecule has 0 unspecified atom stereocenters. The summed E-state index contributed by atoms with van der Waals surface area (Å²) < 4.78 is 0. The lowest BCUT2D eigenvalue weighted by atomic mass is 9.87. The average Bonchev–Trinajstić information content (AvgIpc) is 3.08. The molecule has 0 saturated heterocycles. The molecule has 2 N–H and O–H groups in total. The van der Waals surface area contributed by atoms with Gasteiger partial charge in [0.2, 0.25) is 0 Å². The molecule has 0 amide bonds. The Hall–Kier alpha value is -2.99. The van der Waals surface area contributed by atoms with Gasteiger partial charge < -0.3 is 5.73 Å². The van der Waals surface area contributed by atoms with Crippen LogP contribution in [0.1, 0.15) is 43.3 Å². The van der Waals surface area contributed by atoms with Gasteiger partial charge in [-0.1, -0.05) is 62.4 Å². The van der Waals surface area contributed by atoms with Crippen LogP contribution in [-0.2, 0) is 5.41 Å². The summed E-state index contributed by atoms with van der Waals surface area (Å²) in [6, 6.07) is 15.1. The molecular weight excluding hydrogens is 390 g/mol. The topological polar surface area (TPSA) is 67.9 Å². The first kappa shape index (κ1) is 20.3. The van der Waals surface area contributed by atoms with Gasteiger partial charge >= 0.3 is 0 Å². The average molecular weight is 418 g/mol. The third-order valence-electron chi connectivity index (χ3n) is 5.23. The Morgan fingerprint density at radius 3 is 2.10 bits per heavy atom. The Labute approximate surface area is 181 Å². The molecule has 4 aromatic rings. The quantitative estimate of drug-likeness (QED) is 0.420. The largest absolute Gasteiger partial charge is 0.382 e. The molecule has 0 aliphatic heterocycles. The number of nitrogens with zero attached hydrogens (tertiary/aromatic N) is 4. The van der Waals surface area contributed by atoms with Crippen molar-refractivity contribution >= 4 is 44.0 Å². The zero-order chi connectivity index (χ0) is 21.6. The third-order valence-corrected chi connectivity index (χ3v) is 6.17. The van der Waals surface area contributed by atoms with Crippen molar-refractivity contribution in [3.05, 3.63) is 65.0 Å². The molecule has 0 bridgehead atoms. The third kappa shape index (κ3) is 3.63. The van der Waals surface area contributed by atoms with E-state index in [1.54, 1.807) is 0 Å². The smallest absolute Gasteiger partial charge is 0.197 e. The fourth-order valence-electron chi connectivity index (χ4n) is 3.64. The van der Waals surface area contributed by atoms with Gasteiger partial charge in [0, 0.05) is 5.69 Å². The number of aryl methyl sites for hydroxylation is 3. The molecule has 0 aliphatic rings. The van der Waals surface area contributed by atoms with Crippen molar-refractivity contribution in [2.75, 3.05) is 10.6 Å². The molecule has 4 rings (SSSR count). The molecule has 2 aromatic carbocycles. The van der Waals surface area contributed by atoms with Crippen LogP contribution in [0.4, 0.5) is 22.3 Å². The van der Waals surface area contributed by atoms with E-state index >= 15 is 0 Å². The molecule has 6 heteroatoms. The van der Waals surface area contributed by atoms with E-state index in [1.165, 1.54) is 28.0 Å². The maximum atomic E-state index is 6.15. The Kier molecular flexibility index (Phi) is 4.98. The Morgan fingerprint density at radius 2 is 1.50 bits per heavy atom.